The highest BCUT2D eigenvalue weighted by Crippen LogP contribution is 2.27. The van der Waals surface area contributed by atoms with Gasteiger partial charge in [-0.2, -0.15) is 0 Å². The summed E-state index contributed by atoms with van der Waals surface area (Å²) in [6, 6.07) is 20.2. The van der Waals surface area contributed by atoms with Gasteiger partial charge in [-0.05, 0) is 30.7 Å². The first-order valence-electron chi connectivity index (χ1n) is 9.51. The van der Waals surface area contributed by atoms with E-state index in [1.165, 1.54) is 19.3 Å². The predicted octanol–water partition coefficient (Wildman–Crippen LogP) is 3.64. The Morgan fingerprint density at radius 3 is 2.43 bits per heavy atom. The van der Waals surface area contributed by atoms with E-state index in [-0.39, 0.29) is 18.7 Å². The zero-order chi connectivity index (χ0) is 21.3. The average Bonchev–Trinajstić information content (AvgIpc) is 3.30. The molecule has 7 heteroatoms. The zero-order valence-corrected chi connectivity index (χ0v) is 16.5. The number of hydrogen-bond acceptors (Lipinski definition) is 5. The third kappa shape index (κ3) is 5.57. The van der Waals surface area contributed by atoms with Gasteiger partial charge in [0.25, 0.3) is 11.8 Å². The van der Waals surface area contributed by atoms with Crippen LogP contribution in [0.5, 0.6) is 0 Å². The molecule has 2 amide bonds. The fraction of sp³-hybridized carbons (Fsp3) is 0.174. The molecule has 3 aromatic rings. The Bertz CT molecular complexity index is 999. The van der Waals surface area contributed by atoms with Crippen LogP contribution >= 0.6 is 0 Å². The first-order valence-corrected chi connectivity index (χ1v) is 9.51. The van der Waals surface area contributed by atoms with Gasteiger partial charge in [-0.1, -0.05) is 48.5 Å². The summed E-state index contributed by atoms with van der Waals surface area (Å²) in [5.41, 5.74) is 2.46. The molecule has 0 aliphatic rings. The summed E-state index contributed by atoms with van der Waals surface area (Å²) in [7, 11) is 0. The fourth-order valence-electron chi connectivity index (χ4n) is 2.78. The number of ether oxygens (including phenoxy) is 1. The molecule has 2 N–H and O–H groups in total. The normalized spacial score (nSPS) is 11.4. The Morgan fingerprint density at radius 1 is 0.967 bits per heavy atom. The Morgan fingerprint density at radius 2 is 1.70 bits per heavy atom. The molecule has 0 bridgehead atoms. The minimum Gasteiger partial charge on any atom is -0.459 e. The summed E-state index contributed by atoms with van der Waals surface area (Å²) in [6.45, 7) is 1.57. The molecular formula is C23H22N2O5. The van der Waals surface area contributed by atoms with Gasteiger partial charge >= 0.3 is 5.97 Å². The number of carbonyl (C=O) groups is 3. The topological polar surface area (TPSA) is 97.6 Å². The number of hydrogen-bond donors (Lipinski definition) is 2. The number of carbonyl (C=O) groups excluding carboxylic acids is 3. The Hall–Kier alpha value is -3.87. The lowest BCUT2D eigenvalue weighted by molar-refractivity contribution is -0.153. The average molecular weight is 406 g/mol. The standard InChI is InChI=1S/C23H22N2O5/c1-16(30-21(26)13-14-24-23(28)20-12-7-15-29-20)22(27)25-19-11-6-5-10-18(19)17-8-3-2-4-9-17/h2-12,15-16H,13-14H2,1H3,(H,24,28)(H,25,27)/t16-/m0/s1. The van der Waals surface area contributed by atoms with E-state index in [4.69, 9.17) is 9.15 Å². The summed E-state index contributed by atoms with van der Waals surface area (Å²) in [5, 5.41) is 5.36. The lowest BCUT2D eigenvalue weighted by atomic mass is 10.0. The van der Waals surface area contributed by atoms with Crippen LogP contribution in [0.4, 0.5) is 5.69 Å². The van der Waals surface area contributed by atoms with Gasteiger partial charge in [-0.25, -0.2) is 0 Å². The van der Waals surface area contributed by atoms with Crippen LogP contribution < -0.4 is 10.6 Å². The first-order chi connectivity index (χ1) is 14.5. The number of furan rings is 1. The highest BCUT2D eigenvalue weighted by molar-refractivity contribution is 5.98. The van der Waals surface area contributed by atoms with E-state index >= 15 is 0 Å². The van der Waals surface area contributed by atoms with E-state index in [0.29, 0.717) is 5.69 Å². The zero-order valence-electron chi connectivity index (χ0n) is 16.5. The number of amides is 2. The molecule has 7 nitrogen and oxygen atoms in total. The van der Waals surface area contributed by atoms with Crippen molar-refractivity contribution in [1.82, 2.24) is 5.32 Å². The van der Waals surface area contributed by atoms with Crippen molar-refractivity contribution in [3.8, 4) is 11.1 Å². The van der Waals surface area contributed by atoms with E-state index in [1.807, 2.05) is 48.5 Å². The van der Waals surface area contributed by atoms with Crippen LogP contribution in [0.15, 0.2) is 77.4 Å². The minimum atomic E-state index is -0.984. The van der Waals surface area contributed by atoms with Crippen LogP contribution in [-0.2, 0) is 14.3 Å². The van der Waals surface area contributed by atoms with Gasteiger partial charge in [-0.15, -0.1) is 0 Å². The van der Waals surface area contributed by atoms with Gasteiger partial charge in [-0.3, -0.25) is 14.4 Å². The second kappa shape index (κ2) is 10.1. The van der Waals surface area contributed by atoms with E-state index in [9.17, 15) is 14.4 Å². The summed E-state index contributed by atoms with van der Waals surface area (Å²) in [4.78, 5) is 36.2. The summed E-state index contributed by atoms with van der Waals surface area (Å²) < 4.78 is 10.1. The van der Waals surface area contributed by atoms with Crippen molar-refractivity contribution < 1.29 is 23.5 Å². The van der Waals surface area contributed by atoms with Gasteiger partial charge in [0, 0.05) is 17.8 Å². The summed E-state index contributed by atoms with van der Waals surface area (Å²) >= 11 is 0. The van der Waals surface area contributed by atoms with Crippen LogP contribution in [0.25, 0.3) is 11.1 Å². The molecule has 0 saturated heterocycles. The fourth-order valence-corrected chi connectivity index (χ4v) is 2.78. The molecule has 0 unspecified atom stereocenters. The molecule has 0 saturated carbocycles. The monoisotopic (exact) mass is 406 g/mol. The van der Waals surface area contributed by atoms with Gasteiger partial charge in [0.2, 0.25) is 0 Å². The Labute approximate surface area is 174 Å². The van der Waals surface area contributed by atoms with Gasteiger partial charge in [0.05, 0.1) is 12.7 Å². The second-order valence-corrected chi connectivity index (χ2v) is 6.52. The number of esters is 1. The maximum Gasteiger partial charge on any atom is 0.308 e. The lowest BCUT2D eigenvalue weighted by Gasteiger charge is -2.16. The third-order valence-electron chi connectivity index (χ3n) is 4.31. The Kier molecular flexibility index (Phi) is 7.00. The van der Waals surface area contributed by atoms with Gasteiger partial charge < -0.3 is 19.8 Å². The molecule has 2 aromatic carbocycles. The molecule has 0 fully saturated rings. The van der Waals surface area contributed by atoms with Crippen molar-refractivity contribution in [3.05, 3.63) is 78.8 Å². The van der Waals surface area contributed by atoms with Gasteiger partial charge in [0.1, 0.15) is 0 Å². The van der Waals surface area contributed by atoms with Crippen molar-refractivity contribution in [1.29, 1.82) is 0 Å². The number of anilines is 1. The smallest absolute Gasteiger partial charge is 0.308 e. The number of benzene rings is 2. The van der Waals surface area contributed by atoms with Crippen LogP contribution in [0.1, 0.15) is 23.9 Å². The molecule has 154 valence electrons. The molecule has 1 aromatic heterocycles. The van der Waals surface area contributed by atoms with E-state index in [2.05, 4.69) is 10.6 Å². The lowest BCUT2D eigenvalue weighted by Crippen LogP contribution is -2.32. The molecule has 1 heterocycles. The van der Waals surface area contributed by atoms with Crippen molar-refractivity contribution in [2.24, 2.45) is 0 Å². The number of nitrogens with one attached hydrogen (secondary N) is 2. The third-order valence-corrected chi connectivity index (χ3v) is 4.31. The molecular weight excluding hydrogens is 384 g/mol. The second-order valence-electron chi connectivity index (χ2n) is 6.52. The molecule has 0 radical (unpaired) electrons. The van der Waals surface area contributed by atoms with Crippen molar-refractivity contribution in [2.45, 2.75) is 19.4 Å². The molecule has 0 aliphatic heterocycles. The molecule has 0 aliphatic carbocycles. The van der Waals surface area contributed by atoms with Crippen molar-refractivity contribution >= 4 is 23.5 Å². The van der Waals surface area contributed by atoms with E-state index in [1.54, 1.807) is 12.1 Å². The maximum absolute atomic E-state index is 12.5. The van der Waals surface area contributed by atoms with E-state index < -0.39 is 23.9 Å². The molecule has 30 heavy (non-hydrogen) atoms. The van der Waals surface area contributed by atoms with Crippen LogP contribution in [0, 0.1) is 0 Å². The van der Waals surface area contributed by atoms with E-state index in [0.717, 1.165) is 11.1 Å². The minimum absolute atomic E-state index is 0.0648. The quantitative estimate of drug-likeness (QED) is 0.557. The highest BCUT2D eigenvalue weighted by atomic mass is 16.5. The highest BCUT2D eigenvalue weighted by Gasteiger charge is 2.19. The SMILES string of the molecule is C[C@H](OC(=O)CCNC(=O)c1ccco1)C(=O)Nc1ccccc1-c1ccccc1. The Balaban J connectivity index is 1.50. The predicted molar refractivity (Wildman–Crippen MR) is 112 cm³/mol. The summed E-state index contributed by atoms with van der Waals surface area (Å²) in [6.07, 6.45) is 0.339. The maximum atomic E-state index is 12.5. The number of rotatable bonds is 8. The molecule has 0 spiro atoms. The summed E-state index contributed by atoms with van der Waals surface area (Å²) in [5.74, 6) is -1.29. The van der Waals surface area contributed by atoms with Crippen LogP contribution in [0.2, 0.25) is 0 Å². The van der Waals surface area contributed by atoms with Crippen molar-refractivity contribution in [2.75, 3.05) is 11.9 Å². The molecule has 3 rings (SSSR count). The van der Waals surface area contributed by atoms with Gasteiger partial charge in [0.15, 0.2) is 11.9 Å². The molecule has 1 atom stereocenters. The van der Waals surface area contributed by atoms with Crippen LogP contribution in [-0.4, -0.2) is 30.4 Å². The largest absolute Gasteiger partial charge is 0.459 e. The van der Waals surface area contributed by atoms with Crippen LogP contribution in [0.3, 0.4) is 0 Å². The number of para-hydroxylation sites is 1. The first kappa shape index (κ1) is 20.9. The van der Waals surface area contributed by atoms with Crippen molar-refractivity contribution in [3.63, 3.8) is 0 Å².